The molecule has 0 unspecified atom stereocenters. The van der Waals surface area contributed by atoms with E-state index < -0.39 is 5.97 Å². The summed E-state index contributed by atoms with van der Waals surface area (Å²) in [5.74, 6) is -0.883. The van der Waals surface area contributed by atoms with Crippen molar-refractivity contribution < 1.29 is 14.7 Å². The van der Waals surface area contributed by atoms with Crippen LogP contribution < -0.4 is 5.43 Å². The summed E-state index contributed by atoms with van der Waals surface area (Å²) in [6.45, 7) is 4.24. The third kappa shape index (κ3) is 3.44. The molecule has 0 heterocycles. The maximum Gasteiger partial charge on any atom is 0.335 e. The minimum atomic E-state index is -0.966. The van der Waals surface area contributed by atoms with Crippen molar-refractivity contribution in [3.8, 4) is 0 Å². The summed E-state index contributed by atoms with van der Waals surface area (Å²) < 4.78 is 0. The van der Waals surface area contributed by atoms with Crippen molar-refractivity contribution in [2.45, 2.75) is 33.1 Å². The number of Topliss-reactive ketones (excluding diaryl/α,β-unsaturated/α-hetero) is 1. The zero-order valence-corrected chi connectivity index (χ0v) is 11.6. The predicted octanol–water partition coefficient (Wildman–Crippen LogP) is 2.93. The first-order valence-electron chi connectivity index (χ1n) is 6.56. The van der Waals surface area contributed by atoms with Crippen molar-refractivity contribution in [1.82, 2.24) is 0 Å². The summed E-state index contributed by atoms with van der Waals surface area (Å²) in [6, 6.07) is 6.26. The number of ketones is 1. The van der Waals surface area contributed by atoms with Crippen LogP contribution in [0.2, 0.25) is 0 Å². The van der Waals surface area contributed by atoms with Gasteiger partial charge in [0.1, 0.15) is 5.71 Å². The molecule has 20 heavy (non-hydrogen) atoms. The highest BCUT2D eigenvalue weighted by atomic mass is 16.4. The Morgan fingerprint density at radius 2 is 1.95 bits per heavy atom. The molecule has 5 nitrogen and oxygen atoms in total. The molecule has 0 bridgehead atoms. The van der Waals surface area contributed by atoms with Gasteiger partial charge in [0.25, 0.3) is 0 Å². The molecule has 1 aliphatic rings. The van der Waals surface area contributed by atoms with E-state index in [-0.39, 0.29) is 16.8 Å². The average Bonchev–Trinajstić information content (AvgIpc) is 2.40. The Labute approximate surface area is 117 Å². The summed E-state index contributed by atoms with van der Waals surface area (Å²) in [7, 11) is 0. The number of anilines is 1. The first-order valence-corrected chi connectivity index (χ1v) is 6.56. The van der Waals surface area contributed by atoms with Crippen molar-refractivity contribution in [3.63, 3.8) is 0 Å². The average molecular weight is 274 g/mol. The fourth-order valence-electron chi connectivity index (χ4n) is 2.16. The van der Waals surface area contributed by atoms with Gasteiger partial charge in [0.15, 0.2) is 5.78 Å². The smallest absolute Gasteiger partial charge is 0.335 e. The molecule has 0 saturated heterocycles. The van der Waals surface area contributed by atoms with E-state index in [1.54, 1.807) is 12.1 Å². The van der Waals surface area contributed by atoms with Crippen LogP contribution in [0.1, 0.15) is 43.5 Å². The Bertz CT molecular complexity index is 559. The number of nitrogens with one attached hydrogen (secondary N) is 1. The highest BCUT2D eigenvalue weighted by Crippen LogP contribution is 2.32. The van der Waals surface area contributed by atoms with Crippen LogP contribution in [0, 0.1) is 5.41 Å². The van der Waals surface area contributed by atoms with Gasteiger partial charge < -0.3 is 5.11 Å². The van der Waals surface area contributed by atoms with Crippen molar-refractivity contribution in [2.24, 2.45) is 10.5 Å². The molecule has 0 atom stereocenters. The quantitative estimate of drug-likeness (QED) is 0.831. The number of rotatable bonds is 3. The second-order valence-corrected chi connectivity index (χ2v) is 5.82. The van der Waals surface area contributed by atoms with Crippen LogP contribution in [-0.4, -0.2) is 22.6 Å². The largest absolute Gasteiger partial charge is 0.478 e. The minimum Gasteiger partial charge on any atom is -0.478 e. The van der Waals surface area contributed by atoms with Gasteiger partial charge in [0.05, 0.1) is 11.3 Å². The third-order valence-corrected chi connectivity index (χ3v) is 3.45. The van der Waals surface area contributed by atoms with Gasteiger partial charge in [-0.05, 0) is 36.1 Å². The van der Waals surface area contributed by atoms with E-state index in [0.29, 0.717) is 24.2 Å². The Morgan fingerprint density at radius 1 is 1.30 bits per heavy atom. The molecular formula is C15H18N2O3. The summed E-state index contributed by atoms with van der Waals surface area (Å²) >= 11 is 0. The van der Waals surface area contributed by atoms with Gasteiger partial charge in [-0.2, -0.15) is 5.10 Å². The molecule has 1 aromatic rings. The van der Waals surface area contributed by atoms with Crippen molar-refractivity contribution >= 4 is 23.2 Å². The Kier molecular flexibility index (Phi) is 3.88. The molecule has 0 amide bonds. The second-order valence-electron chi connectivity index (χ2n) is 5.82. The van der Waals surface area contributed by atoms with E-state index in [4.69, 9.17) is 5.11 Å². The number of carboxylic acids is 1. The predicted molar refractivity (Wildman–Crippen MR) is 77.1 cm³/mol. The van der Waals surface area contributed by atoms with E-state index in [0.717, 1.165) is 6.42 Å². The topological polar surface area (TPSA) is 78.8 Å². The molecule has 0 radical (unpaired) electrons. The monoisotopic (exact) mass is 274 g/mol. The lowest BCUT2D eigenvalue weighted by Crippen LogP contribution is -2.30. The van der Waals surface area contributed by atoms with Crippen molar-refractivity contribution in [2.75, 3.05) is 5.43 Å². The maximum atomic E-state index is 11.8. The van der Waals surface area contributed by atoms with E-state index >= 15 is 0 Å². The lowest BCUT2D eigenvalue weighted by Gasteiger charge is -2.29. The molecule has 0 aromatic heterocycles. The zero-order valence-electron chi connectivity index (χ0n) is 11.6. The van der Waals surface area contributed by atoms with Gasteiger partial charge in [-0.25, -0.2) is 4.79 Å². The molecule has 106 valence electrons. The minimum absolute atomic E-state index is 0.0824. The molecule has 1 aromatic carbocycles. The molecule has 2 N–H and O–H groups in total. The van der Waals surface area contributed by atoms with E-state index in [1.807, 2.05) is 0 Å². The van der Waals surface area contributed by atoms with Gasteiger partial charge >= 0.3 is 5.97 Å². The molecule has 5 heteroatoms. The van der Waals surface area contributed by atoms with Gasteiger partial charge in [-0.15, -0.1) is 0 Å². The highest BCUT2D eigenvalue weighted by Gasteiger charge is 2.30. The van der Waals surface area contributed by atoms with E-state index in [2.05, 4.69) is 24.4 Å². The van der Waals surface area contributed by atoms with Crippen LogP contribution in [0.3, 0.4) is 0 Å². The fourth-order valence-corrected chi connectivity index (χ4v) is 2.16. The van der Waals surface area contributed by atoms with Crippen LogP contribution in [-0.2, 0) is 4.79 Å². The number of nitrogens with zero attached hydrogens (tertiary/aromatic N) is 1. The molecule has 1 fully saturated rings. The molecule has 0 aliphatic heterocycles. The number of benzene rings is 1. The van der Waals surface area contributed by atoms with Crippen LogP contribution in [0.25, 0.3) is 0 Å². The lowest BCUT2D eigenvalue weighted by molar-refractivity contribution is -0.114. The molecule has 1 saturated carbocycles. The fraction of sp³-hybridized carbons (Fsp3) is 0.400. The Morgan fingerprint density at radius 3 is 2.55 bits per heavy atom. The van der Waals surface area contributed by atoms with Gasteiger partial charge in [-0.3, -0.25) is 10.2 Å². The normalized spacial score (nSPS) is 19.9. The summed E-state index contributed by atoms with van der Waals surface area (Å²) in [4.78, 5) is 22.5. The first-order chi connectivity index (χ1) is 9.37. The van der Waals surface area contributed by atoms with Crippen LogP contribution >= 0.6 is 0 Å². The Balaban J connectivity index is 2.08. The summed E-state index contributed by atoms with van der Waals surface area (Å²) in [6.07, 6.45) is 2.08. The van der Waals surface area contributed by atoms with Crippen molar-refractivity contribution in [3.05, 3.63) is 29.8 Å². The molecule has 1 aliphatic carbocycles. The second kappa shape index (κ2) is 5.45. The number of carboxylic acid groups (broad SMARTS) is 1. The molecule has 2 rings (SSSR count). The standard InChI is InChI=1S/C15H18N2O3/c1-15(2)8-7-13(18)12(9-15)17-16-11-5-3-10(4-6-11)14(19)20/h3-6,16H,7-9H2,1-2H3,(H,19,20)/b17-12-. The first kappa shape index (κ1) is 14.2. The molecular weight excluding hydrogens is 256 g/mol. The van der Waals surface area contributed by atoms with Crippen LogP contribution in [0.4, 0.5) is 5.69 Å². The van der Waals surface area contributed by atoms with Crippen molar-refractivity contribution in [1.29, 1.82) is 0 Å². The summed E-state index contributed by atoms with van der Waals surface area (Å²) in [5.41, 5.74) is 4.37. The number of aromatic carboxylic acids is 1. The third-order valence-electron chi connectivity index (χ3n) is 3.45. The number of carbonyl (C=O) groups excluding carboxylic acids is 1. The number of hydrogen-bond donors (Lipinski definition) is 2. The zero-order chi connectivity index (χ0) is 14.8. The lowest BCUT2D eigenvalue weighted by atomic mass is 9.76. The number of carbonyl (C=O) groups is 2. The Hall–Kier alpha value is -2.17. The van der Waals surface area contributed by atoms with Crippen LogP contribution in [0.15, 0.2) is 29.4 Å². The van der Waals surface area contributed by atoms with Gasteiger partial charge in [0, 0.05) is 12.8 Å². The van der Waals surface area contributed by atoms with Gasteiger partial charge in [0.2, 0.25) is 0 Å². The van der Waals surface area contributed by atoms with Gasteiger partial charge in [-0.1, -0.05) is 13.8 Å². The van der Waals surface area contributed by atoms with E-state index in [1.165, 1.54) is 12.1 Å². The highest BCUT2D eigenvalue weighted by molar-refractivity contribution is 6.40. The van der Waals surface area contributed by atoms with Crippen LogP contribution in [0.5, 0.6) is 0 Å². The number of hydrazone groups is 1. The SMILES string of the molecule is CC1(C)CCC(=O)/C(=N\Nc2ccc(C(=O)O)cc2)C1. The summed E-state index contributed by atoms with van der Waals surface area (Å²) in [5, 5.41) is 13.0. The maximum absolute atomic E-state index is 11.8. The number of hydrogen-bond acceptors (Lipinski definition) is 4. The molecule has 0 spiro atoms. The van der Waals surface area contributed by atoms with E-state index in [9.17, 15) is 9.59 Å².